The summed E-state index contributed by atoms with van der Waals surface area (Å²) in [6, 6.07) is 6.66. The molecule has 0 saturated carbocycles. The van der Waals surface area contributed by atoms with Gasteiger partial charge in [0, 0.05) is 43.7 Å². The average Bonchev–Trinajstić information content (AvgIpc) is 3.33. The molecule has 6 rings (SSSR count). The standard InChI is InChI=1S/C30H32ClF2N7O4/c1-17(32)27(41)40-10-9-39(15-19(40)6-8-34)26-25-24(35-29(37-26)43-16-20-12-18(33)14-38(20)2)13-30(28(42)36-25)22-4-3-5-23(31)21(22)7-11-44-30/h3-5,18-20H,1,6-7,9-16H2,2H3,(H,36,42)/t18-,19+,20+,30?/m1/s1. The number of hydrogen-bond acceptors (Lipinski definition) is 9. The lowest BCUT2D eigenvalue weighted by Gasteiger charge is -2.43. The van der Waals surface area contributed by atoms with Crippen LogP contribution in [0, 0.1) is 11.3 Å². The third-order valence-corrected chi connectivity index (χ3v) is 9.22. The number of carbonyl (C=O) groups excluding carboxylic acids is 2. The first-order chi connectivity index (χ1) is 21.1. The maximum absolute atomic E-state index is 14.0. The van der Waals surface area contributed by atoms with Gasteiger partial charge in [0.1, 0.15) is 18.5 Å². The van der Waals surface area contributed by atoms with Gasteiger partial charge in [0.2, 0.25) is 0 Å². The third-order valence-electron chi connectivity index (χ3n) is 8.86. The van der Waals surface area contributed by atoms with Crippen molar-refractivity contribution in [3.05, 3.63) is 52.4 Å². The van der Waals surface area contributed by atoms with Crippen molar-refractivity contribution in [2.24, 2.45) is 0 Å². The molecule has 11 nitrogen and oxygen atoms in total. The quantitative estimate of drug-likeness (QED) is 0.482. The van der Waals surface area contributed by atoms with Crippen LogP contribution in [0.15, 0.2) is 30.6 Å². The molecule has 0 radical (unpaired) electrons. The number of halogens is 3. The van der Waals surface area contributed by atoms with Crippen molar-refractivity contribution >= 4 is 34.9 Å². The molecule has 4 aliphatic heterocycles. The molecule has 44 heavy (non-hydrogen) atoms. The summed E-state index contributed by atoms with van der Waals surface area (Å²) in [5.41, 5.74) is 0.948. The number of aromatic nitrogens is 2. The summed E-state index contributed by atoms with van der Waals surface area (Å²) in [7, 11) is 1.83. The predicted molar refractivity (Wildman–Crippen MR) is 157 cm³/mol. The second-order valence-electron chi connectivity index (χ2n) is 11.6. The number of piperazine rings is 1. The zero-order chi connectivity index (χ0) is 31.2. The van der Waals surface area contributed by atoms with Crippen molar-refractivity contribution in [3.63, 3.8) is 0 Å². The van der Waals surface area contributed by atoms with Crippen LogP contribution in [0.1, 0.15) is 29.7 Å². The Labute approximate surface area is 258 Å². The van der Waals surface area contributed by atoms with Crippen LogP contribution in [0.2, 0.25) is 5.02 Å². The van der Waals surface area contributed by atoms with E-state index < -0.39 is 35.5 Å². The van der Waals surface area contributed by atoms with Crippen LogP contribution in [-0.4, -0.2) is 96.3 Å². The SMILES string of the molecule is C=C(F)C(=O)N1CCN(c2nc(OC[C@@H]3C[C@@H](F)CN3C)nc3c2NC(=O)C2(C3)OCCc3c(Cl)cccc32)C[C@@H]1CC#N. The van der Waals surface area contributed by atoms with Gasteiger partial charge in [-0.05, 0) is 37.1 Å². The van der Waals surface area contributed by atoms with E-state index in [4.69, 9.17) is 26.1 Å². The minimum Gasteiger partial charge on any atom is -0.462 e. The second-order valence-corrected chi connectivity index (χ2v) is 12.0. The van der Waals surface area contributed by atoms with Gasteiger partial charge >= 0.3 is 6.01 Å². The van der Waals surface area contributed by atoms with Crippen LogP contribution >= 0.6 is 11.6 Å². The lowest BCUT2D eigenvalue weighted by Crippen LogP contribution is -2.56. The Hall–Kier alpha value is -3.86. The van der Waals surface area contributed by atoms with Gasteiger partial charge in [-0.25, -0.2) is 8.78 Å². The lowest BCUT2D eigenvalue weighted by atomic mass is 9.80. The van der Waals surface area contributed by atoms with E-state index >= 15 is 0 Å². The highest BCUT2D eigenvalue weighted by Gasteiger charge is 2.50. The highest BCUT2D eigenvalue weighted by molar-refractivity contribution is 6.31. The fourth-order valence-corrected chi connectivity index (χ4v) is 6.88. The zero-order valence-electron chi connectivity index (χ0n) is 24.2. The predicted octanol–water partition coefficient (Wildman–Crippen LogP) is 2.93. The largest absolute Gasteiger partial charge is 0.462 e. The summed E-state index contributed by atoms with van der Waals surface area (Å²) in [6.45, 7) is 4.33. The Kier molecular flexibility index (Phi) is 8.17. The Morgan fingerprint density at radius 3 is 2.86 bits per heavy atom. The molecule has 5 heterocycles. The number of amides is 2. The molecule has 1 unspecified atom stereocenters. The first-order valence-corrected chi connectivity index (χ1v) is 14.9. The molecular weight excluding hydrogens is 596 g/mol. The van der Waals surface area contributed by atoms with Gasteiger partial charge in [-0.1, -0.05) is 30.3 Å². The molecular formula is C30H32ClF2N7O4. The number of likely N-dealkylation sites (N-methyl/N-ethyl adjacent to an activating group) is 1. The van der Waals surface area contributed by atoms with E-state index in [1.807, 2.05) is 22.9 Å². The van der Waals surface area contributed by atoms with Gasteiger partial charge in [-0.2, -0.15) is 15.2 Å². The number of alkyl halides is 1. The maximum Gasteiger partial charge on any atom is 0.318 e. The molecule has 14 heteroatoms. The number of anilines is 2. The van der Waals surface area contributed by atoms with Crippen molar-refractivity contribution in [2.45, 2.75) is 49.5 Å². The minimum atomic E-state index is -1.38. The lowest BCUT2D eigenvalue weighted by molar-refractivity contribution is -0.146. The summed E-state index contributed by atoms with van der Waals surface area (Å²) in [6.07, 6.45) is -0.0455. The molecule has 4 atom stereocenters. The summed E-state index contributed by atoms with van der Waals surface area (Å²) in [5, 5.41) is 13.0. The molecule has 232 valence electrons. The Morgan fingerprint density at radius 2 is 2.14 bits per heavy atom. The number of likely N-dealkylation sites (tertiary alicyclic amines) is 1. The number of carbonyl (C=O) groups is 2. The molecule has 2 aromatic rings. The molecule has 1 spiro atoms. The molecule has 0 bridgehead atoms. The number of nitrogens with one attached hydrogen (secondary N) is 1. The molecule has 1 N–H and O–H groups in total. The average molecular weight is 628 g/mol. The van der Waals surface area contributed by atoms with Gasteiger partial charge in [-0.3, -0.25) is 14.5 Å². The van der Waals surface area contributed by atoms with E-state index in [9.17, 15) is 23.6 Å². The number of benzene rings is 1. The summed E-state index contributed by atoms with van der Waals surface area (Å²) >= 11 is 6.51. The minimum absolute atomic E-state index is 0.0374. The molecule has 0 aliphatic carbocycles. The first kappa shape index (κ1) is 30.2. The number of ether oxygens (including phenoxy) is 2. The van der Waals surface area contributed by atoms with Gasteiger partial charge in [0.05, 0.1) is 30.8 Å². The van der Waals surface area contributed by atoms with Crippen LogP contribution in [0.25, 0.3) is 0 Å². The fourth-order valence-electron chi connectivity index (χ4n) is 6.61. The van der Waals surface area contributed by atoms with E-state index in [1.165, 1.54) is 4.90 Å². The van der Waals surface area contributed by atoms with E-state index in [1.54, 1.807) is 12.1 Å². The van der Waals surface area contributed by atoms with E-state index in [0.29, 0.717) is 47.2 Å². The third kappa shape index (κ3) is 5.35. The summed E-state index contributed by atoms with van der Waals surface area (Å²) < 4.78 is 40.1. The van der Waals surface area contributed by atoms with Crippen molar-refractivity contribution in [2.75, 3.05) is 56.7 Å². The summed E-state index contributed by atoms with van der Waals surface area (Å²) in [4.78, 5) is 40.7. The maximum atomic E-state index is 14.0. The highest BCUT2D eigenvalue weighted by atomic mass is 35.5. The fraction of sp³-hybridized carbons (Fsp3) is 0.500. The van der Waals surface area contributed by atoms with Crippen molar-refractivity contribution in [1.29, 1.82) is 5.26 Å². The van der Waals surface area contributed by atoms with Crippen molar-refractivity contribution in [1.82, 2.24) is 19.8 Å². The van der Waals surface area contributed by atoms with Crippen molar-refractivity contribution in [3.8, 4) is 12.1 Å². The van der Waals surface area contributed by atoms with E-state index in [2.05, 4.69) is 22.9 Å². The molecule has 4 aliphatic rings. The normalized spacial score (nSPS) is 26.5. The number of hydrogen-bond donors (Lipinski definition) is 1. The Morgan fingerprint density at radius 1 is 1.32 bits per heavy atom. The van der Waals surface area contributed by atoms with E-state index in [0.717, 1.165) is 5.56 Å². The number of nitrogens with zero attached hydrogens (tertiary/aromatic N) is 6. The Balaban J connectivity index is 1.38. The molecule has 2 fully saturated rings. The van der Waals surface area contributed by atoms with Crippen LogP contribution in [-0.2, 0) is 32.8 Å². The van der Waals surface area contributed by atoms with Gasteiger partial charge < -0.3 is 24.6 Å². The van der Waals surface area contributed by atoms with Crippen LogP contribution in [0.5, 0.6) is 6.01 Å². The molecule has 1 aromatic heterocycles. The number of rotatable bonds is 6. The van der Waals surface area contributed by atoms with E-state index in [-0.39, 0.29) is 57.7 Å². The monoisotopic (exact) mass is 627 g/mol. The topological polar surface area (TPSA) is 124 Å². The molecule has 1 aromatic carbocycles. The van der Waals surface area contributed by atoms with Crippen LogP contribution in [0.4, 0.5) is 20.3 Å². The highest BCUT2D eigenvalue weighted by Crippen LogP contribution is 2.45. The van der Waals surface area contributed by atoms with Gasteiger partial charge in [0.25, 0.3) is 11.8 Å². The number of fused-ring (bicyclic) bond motifs is 3. The van der Waals surface area contributed by atoms with Crippen molar-refractivity contribution < 1.29 is 27.8 Å². The second kappa shape index (κ2) is 11.9. The zero-order valence-corrected chi connectivity index (χ0v) is 24.9. The smallest absolute Gasteiger partial charge is 0.318 e. The van der Waals surface area contributed by atoms with Gasteiger partial charge in [0.15, 0.2) is 17.2 Å². The Bertz CT molecular complexity index is 1550. The number of nitriles is 1. The van der Waals surface area contributed by atoms with Gasteiger partial charge in [-0.15, -0.1) is 0 Å². The molecule has 2 saturated heterocycles. The first-order valence-electron chi connectivity index (χ1n) is 14.5. The van der Waals surface area contributed by atoms with Crippen LogP contribution in [0.3, 0.4) is 0 Å². The summed E-state index contributed by atoms with van der Waals surface area (Å²) in [5.74, 6) is -2.03. The van der Waals surface area contributed by atoms with Crippen LogP contribution < -0.4 is 15.0 Å². The molecule has 2 amide bonds.